The number of carbonyl (C=O) groups is 1. The Balaban J connectivity index is 1.53. The smallest absolute Gasteiger partial charge is 0.234 e. The molecule has 0 aliphatic carbocycles. The molecule has 0 saturated heterocycles. The van der Waals surface area contributed by atoms with E-state index in [2.05, 4.69) is 15.5 Å². The first-order valence-corrected chi connectivity index (χ1v) is 11.9. The summed E-state index contributed by atoms with van der Waals surface area (Å²) < 4.78 is 7.33. The van der Waals surface area contributed by atoms with Crippen molar-refractivity contribution >= 4 is 46.6 Å². The minimum atomic E-state index is -0.150. The highest BCUT2D eigenvalue weighted by atomic mass is 35.5. The second kappa shape index (κ2) is 10.7. The van der Waals surface area contributed by atoms with Crippen molar-refractivity contribution in [1.29, 1.82) is 0 Å². The van der Waals surface area contributed by atoms with Gasteiger partial charge in [-0.15, -0.1) is 10.2 Å². The molecule has 0 unspecified atom stereocenters. The zero-order valence-corrected chi connectivity index (χ0v) is 20.0. The number of thioether (sulfide) groups is 1. The molecule has 33 heavy (non-hydrogen) atoms. The van der Waals surface area contributed by atoms with Crippen LogP contribution < -0.4 is 10.1 Å². The van der Waals surface area contributed by atoms with Crippen molar-refractivity contribution in [2.24, 2.45) is 0 Å². The number of aromatic nitrogens is 3. The molecule has 1 heterocycles. The van der Waals surface area contributed by atoms with Gasteiger partial charge in [0, 0.05) is 27.0 Å². The molecule has 0 aliphatic heterocycles. The molecule has 6 nitrogen and oxygen atoms in total. The van der Waals surface area contributed by atoms with E-state index in [0.29, 0.717) is 33.3 Å². The number of hydrogen-bond acceptors (Lipinski definition) is 5. The summed E-state index contributed by atoms with van der Waals surface area (Å²) in [4.78, 5) is 12.6. The molecule has 0 fully saturated rings. The number of nitrogens with zero attached hydrogens (tertiary/aromatic N) is 3. The number of hydrogen-bond donors (Lipinski definition) is 1. The predicted molar refractivity (Wildman–Crippen MR) is 134 cm³/mol. The van der Waals surface area contributed by atoms with Gasteiger partial charge in [-0.25, -0.2) is 0 Å². The van der Waals surface area contributed by atoms with Crippen LogP contribution in [0.4, 0.5) is 5.69 Å². The first-order chi connectivity index (χ1) is 16.0. The van der Waals surface area contributed by atoms with Crippen molar-refractivity contribution in [1.82, 2.24) is 14.8 Å². The van der Waals surface area contributed by atoms with E-state index in [1.165, 1.54) is 11.8 Å². The number of nitrogens with one attached hydrogen (secondary N) is 1. The van der Waals surface area contributed by atoms with Crippen LogP contribution >= 0.6 is 35.0 Å². The van der Waals surface area contributed by atoms with Crippen molar-refractivity contribution in [2.45, 2.75) is 12.1 Å². The van der Waals surface area contributed by atoms with Gasteiger partial charge in [0.15, 0.2) is 11.0 Å². The highest BCUT2D eigenvalue weighted by Crippen LogP contribution is 2.29. The normalized spacial score (nSPS) is 10.8. The molecule has 3 aromatic carbocycles. The van der Waals surface area contributed by atoms with Crippen LogP contribution in [0.5, 0.6) is 5.75 Å². The molecule has 9 heteroatoms. The highest BCUT2D eigenvalue weighted by Gasteiger charge is 2.17. The molecule has 1 aromatic heterocycles. The second-order valence-corrected chi connectivity index (χ2v) is 8.73. The zero-order chi connectivity index (χ0) is 23.2. The van der Waals surface area contributed by atoms with Gasteiger partial charge < -0.3 is 10.1 Å². The van der Waals surface area contributed by atoms with Gasteiger partial charge in [0.2, 0.25) is 5.91 Å². The lowest BCUT2D eigenvalue weighted by molar-refractivity contribution is -0.113. The third kappa shape index (κ3) is 5.87. The first-order valence-electron chi connectivity index (χ1n) is 10.2. The van der Waals surface area contributed by atoms with Crippen LogP contribution in [0.1, 0.15) is 6.92 Å². The second-order valence-electron chi connectivity index (χ2n) is 6.92. The van der Waals surface area contributed by atoms with Crippen LogP contribution in [0.15, 0.2) is 78.0 Å². The fourth-order valence-corrected chi connectivity index (χ4v) is 4.10. The quantitative estimate of drug-likeness (QED) is 0.285. The lowest BCUT2D eigenvalue weighted by atomic mass is 10.2. The Morgan fingerprint density at radius 3 is 2.21 bits per heavy atom. The molecule has 0 radical (unpaired) electrons. The molecule has 0 spiro atoms. The molecule has 4 aromatic rings. The van der Waals surface area contributed by atoms with Crippen LogP contribution in [0, 0.1) is 0 Å². The monoisotopic (exact) mass is 498 g/mol. The summed E-state index contributed by atoms with van der Waals surface area (Å²) in [6.07, 6.45) is 0. The lowest BCUT2D eigenvalue weighted by Gasteiger charge is -2.11. The van der Waals surface area contributed by atoms with Gasteiger partial charge in [-0.05, 0) is 79.7 Å². The summed E-state index contributed by atoms with van der Waals surface area (Å²) in [7, 11) is 0. The van der Waals surface area contributed by atoms with Gasteiger partial charge in [-0.2, -0.15) is 0 Å². The van der Waals surface area contributed by atoms with E-state index >= 15 is 0 Å². The van der Waals surface area contributed by atoms with Crippen molar-refractivity contribution in [2.75, 3.05) is 17.7 Å². The van der Waals surface area contributed by atoms with Gasteiger partial charge in [0.1, 0.15) is 5.75 Å². The Morgan fingerprint density at radius 1 is 0.939 bits per heavy atom. The summed E-state index contributed by atoms with van der Waals surface area (Å²) >= 11 is 13.4. The SMILES string of the molecule is CCOc1ccc(NC(=O)CSc2nnc(-c3ccc(Cl)cc3)n2-c2ccc(Cl)cc2)cc1. The summed E-state index contributed by atoms with van der Waals surface area (Å²) in [5.74, 6) is 1.42. The third-order valence-corrected chi connectivity index (χ3v) is 6.03. The van der Waals surface area contributed by atoms with Gasteiger partial charge >= 0.3 is 0 Å². The van der Waals surface area contributed by atoms with Gasteiger partial charge in [-0.3, -0.25) is 9.36 Å². The summed E-state index contributed by atoms with van der Waals surface area (Å²) in [6, 6.07) is 22.0. The zero-order valence-electron chi connectivity index (χ0n) is 17.7. The number of carbonyl (C=O) groups excluding carboxylic acids is 1. The number of benzene rings is 3. The predicted octanol–water partition coefficient (Wildman–Crippen LogP) is 6.37. The van der Waals surface area contributed by atoms with Crippen molar-refractivity contribution in [3.63, 3.8) is 0 Å². The Hall–Kier alpha value is -3.00. The molecule has 0 atom stereocenters. The van der Waals surface area contributed by atoms with E-state index in [9.17, 15) is 4.79 Å². The summed E-state index contributed by atoms with van der Waals surface area (Å²) in [6.45, 7) is 2.52. The average Bonchev–Trinajstić information content (AvgIpc) is 3.24. The number of ether oxygens (including phenoxy) is 1. The minimum Gasteiger partial charge on any atom is -0.494 e. The lowest BCUT2D eigenvalue weighted by Crippen LogP contribution is -2.14. The number of anilines is 1. The Bertz CT molecular complexity index is 1230. The molecule has 1 amide bonds. The maximum atomic E-state index is 12.6. The summed E-state index contributed by atoms with van der Waals surface area (Å²) in [5.41, 5.74) is 2.39. The highest BCUT2D eigenvalue weighted by molar-refractivity contribution is 7.99. The van der Waals surface area contributed by atoms with Crippen LogP contribution in [0.2, 0.25) is 10.0 Å². The van der Waals surface area contributed by atoms with Crippen molar-refractivity contribution < 1.29 is 9.53 Å². The van der Waals surface area contributed by atoms with Crippen LogP contribution in [0.25, 0.3) is 17.1 Å². The van der Waals surface area contributed by atoms with Crippen LogP contribution in [-0.2, 0) is 4.79 Å². The molecule has 0 bridgehead atoms. The Labute approximate surface area is 205 Å². The maximum absolute atomic E-state index is 12.6. The van der Waals surface area contributed by atoms with E-state index in [1.54, 1.807) is 24.3 Å². The molecule has 1 N–H and O–H groups in total. The van der Waals surface area contributed by atoms with Gasteiger partial charge in [0.05, 0.1) is 12.4 Å². The van der Waals surface area contributed by atoms with E-state index in [4.69, 9.17) is 27.9 Å². The standard InChI is InChI=1S/C24H20Cl2N4O2S/c1-2-32-21-13-9-19(10-14-21)27-22(31)15-33-24-29-28-23(16-3-5-17(25)6-4-16)30(24)20-11-7-18(26)8-12-20/h3-14H,2,15H2,1H3,(H,27,31). The minimum absolute atomic E-state index is 0.150. The van der Waals surface area contributed by atoms with E-state index in [-0.39, 0.29) is 11.7 Å². The fraction of sp³-hybridized carbons (Fsp3) is 0.125. The van der Waals surface area contributed by atoms with Crippen LogP contribution in [-0.4, -0.2) is 33.0 Å². The maximum Gasteiger partial charge on any atom is 0.234 e. The molecule has 168 valence electrons. The molecular formula is C24H20Cl2N4O2S. The van der Waals surface area contributed by atoms with Gasteiger partial charge in [-0.1, -0.05) is 35.0 Å². The molecular weight excluding hydrogens is 479 g/mol. The van der Waals surface area contributed by atoms with E-state index in [1.807, 2.05) is 60.0 Å². The average molecular weight is 499 g/mol. The van der Waals surface area contributed by atoms with Crippen molar-refractivity contribution in [3.8, 4) is 22.8 Å². The number of halogens is 2. The third-order valence-electron chi connectivity index (χ3n) is 4.60. The Morgan fingerprint density at radius 2 is 1.58 bits per heavy atom. The fourth-order valence-electron chi connectivity index (χ4n) is 3.10. The molecule has 4 rings (SSSR count). The van der Waals surface area contributed by atoms with E-state index < -0.39 is 0 Å². The van der Waals surface area contributed by atoms with E-state index in [0.717, 1.165) is 17.0 Å². The van der Waals surface area contributed by atoms with Crippen LogP contribution in [0.3, 0.4) is 0 Å². The number of amides is 1. The molecule has 0 saturated carbocycles. The number of rotatable bonds is 8. The van der Waals surface area contributed by atoms with Gasteiger partial charge in [0.25, 0.3) is 0 Å². The first kappa shape index (κ1) is 23.2. The largest absolute Gasteiger partial charge is 0.494 e. The molecule has 0 aliphatic rings. The Kier molecular flexibility index (Phi) is 7.54. The topological polar surface area (TPSA) is 69.0 Å². The summed E-state index contributed by atoms with van der Waals surface area (Å²) in [5, 5.41) is 13.5. The van der Waals surface area contributed by atoms with Crippen molar-refractivity contribution in [3.05, 3.63) is 82.8 Å².